The van der Waals surface area contributed by atoms with Crippen LogP contribution in [0.1, 0.15) is 48.8 Å². The molecule has 1 fully saturated rings. The highest BCUT2D eigenvalue weighted by atomic mass is 32.2. The number of nitrogens with one attached hydrogen (secondary N) is 1. The molecule has 0 spiro atoms. The van der Waals surface area contributed by atoms with Crippen LogP contribution in [0.15, 0.2) is 59.5 Å². The summed E-state index contributed by atoms with van der Waals surface area (Å²) in [6.07, 6.45) is 4.73. The smallest absolute Gasteiger partial charge is 0.252 e. The molecule has 8 heteroatoms. The zero-order valence-corrected chi connectivity index (χ0v) is 20.0. The Kier molecular flexibility index (Phi) is 8.49. The van der Waals surface area contributed by atoms with E-state index in [1.54, 1.807) is 16.4 Å². The molecule has 0 aliphatic carbocycles. The number of thioether (sulfide) groups is 1. The van der Waals surface area contributed by atoms with E-state index in [-0.39, 0.29) is 5.91 Å². The molecule has 0 radical (unpaired) electrons. The number of carbonyl (C=O) groups is 1. The van der Waals surface area contributed by atoms with Crippen LogP contribution in [0.25, 0.3) is 5.69 Å². The number of aromatic nitrogens is 4. The summed E-state index contributed by atoms with van der Waals surface area (Å²) in [6, 6.07) is 17.5. The number of likely N-dealkylation sites (tertiary alicyclic amines) is 1. The van der Waals surface area contributed by atoms with Gasteiger partial charge >= 0.3 is 0 Å². The molecule has 0 saturated carbocycles. The highest BCUT2D eigenvalue weighted by Crippen LogP contribution is 2.26. The first-order valence-corrected chi connectivity index (χ1v) is 12.7. The zero-order valence-electron chi connectivity index (χ0n) is 19.2. The van der Waals surface area contributed by atoms with Crippen LogP contribution in [0.4, 0.5) is 0 Å². The number of nitrogens with zero attached hydrogens (tertiary/aromatic N) is 5. The van der Waals surface area contributed by atoms with Gasteiger partial charge in [-0.25, -0.2) is 0 Å². The summed E-state index contributed by atoms with van der Waals surface area (Å²) in [5.74, 6) is 2.16. The highest BCUT2D eigenvalue weighted by molar-refractivity contribution is 7.98. The number of amides is 1. The average molecular weight is 465 g/mol. The van der Waals surface area contributed by atoms with Crippen LogP contribution in [0.5, 0.6) is 0 Å². The van der Waals surface area contributed by atoms with E-state index in [4.69, 9.17) is 0 Å². The van der Waals surface area contributed by atoms with Crippen LogP contribution in [-0.2, 0) is 5.75 Å². The van der Waals surface area contributed by atoms with Crippen LogP contribution < -0.4 is 5.32 Å². The molecule has 4 rings (SSSR count). The summed E-state index contributed by atoms with van der Waals surface area (Å²) in [5, 5.41) is 15.2. The molecule has 174 valence electrons. The van der Waals surface area contributed by atoms with Crippen molar-refractivity contribution in [2.75, 3.05) is 26.2 Å². The number of rotatable bonds is 10. The number of tetrazole rings is 1. The predicted molar refractivity (Wildman–Crippen MR) is 132 cm³/mol. The second-order valence-corrected chi connectivity index (χ2v) is 9.63. The van der Waals surface area contributed by atoms with Crippen molar-refractivity contribution in [3.05, 3.63) is 66.0 Å². The highest BCUT2D eigenvalue weighted by Gasteiger charge is 2.16. The molecule has 1 amide bonds. The maximum Gasteiger partial charge on any atom is 0.252 e. The minimum absolute atomic E-state index is 0.0208. The van der Waals surface area contributed by atoms with Gasteiger partial charge in [-0.05, 0) is 85.9 Å². The molecule has 2 aromatic carbocycles. The van der Waals surface area contributed by atoms with E-state index in [2.05, 4.69) is 32.7 Å². The van der Waals surface area contributed by atoms with E-state index >= 15 is 0 Å². The number of hydrogen-bond donors (Lipinski definition) is 1. The van der Waals surface area contributed by atoms with Crippen molar-refractivity contribution in [2.24, 2.45) is 5.92 Å². The minimum Gasteiger partial charge on any atom is -0.352 e. The third-order valence-electron chi connectivity index (χ3n) is 6.09. The first-order valence-electron chi connectivity index (χ1n) is 11.8. The van der Waals surface area contributed by atoms with E-state index in [0.717, 1.165) is 41.7 Å². The number of unbranched alkanes of at least 4 members (excludes halogenated alkanes) is 1. The van der Waals surface area contributed by atoms with Gasteiger partial charge in [0.05, 0.1) is 17.0 Å². The molecule has 1 N–H and O–H groups in total. The van der Waals surface area contributed by atoms with Crippen molar-refractivity contribution in [1.82, 2.24) is 30.4 Å². The van der Waals surface area contributed by atoms with Gasteiger partial charge in [0.1, 0.15) is 0 Å². The Balaban J connectivity index is 1.26. The normalized spacial score (nSPS) is 14.9. The minimum atomic E-state index is -0.0208. The Bertz CT molecular complexity index is 1020. The third kappa shape index (κ3) is 6.65. The van der Waals surface area contributed by atoms with Crippen molar-refractivity contribution < 1.29 is 4.79 Å². The molecule has 0 unspecified atom stereocenters. The van der Waals surface area contributed by atoms with Gasteiger partial charge in [0.2, 0.25) is 0 Å². The summed E-state index contributed by atoms with van der Waals surface area (Å²) in [4.78, 5) is 16.3. The number of piperidine rings is 1. The molecule has 1 saturated heterocycles. The number of para-hydroxylation sites is 1. The summed E-state index contributed by atoms with van der Waals surface area (Å²) < 4.78 is 1.73. The van der Waals surface area contributed by atoms with Crippen molar-refractivity contribution in [3.63, 3.8) is 0 Å². The van der Waals surface area contributed by atoms with E-state index in [1.807, 2.05) is 54.6 Å². The first-order chi connectivity index (χ1) is 16.2. The first kappa shape index (κ1) is 23.4. The van der Waals surface area contributed by atoms with Gasteiger partial charge in [0.15, 0.2) is 5.82 Å². The fourth-order valence-corrected chi connectivity index (χ4v) is 4.99. The molecule has 0 atom stereocenters. The SMILES string of the molecule is CC1CCN(CCCCNC(=O)c2ccccc2SCc2nnnn2-c2ccccc2)CC1. The van der Waals surface area contributed by atoms with Crippen LogP contribution in [-0.4, -0.2) is 57.2 Å². The summed E-state index contributed by atoms with van der Waals surface area (Å²) in [5.41, 5.74) is 1.62. The summed E-state index contributed by atoms with van der Waals surface area (Å²) >= 11 is 1.57. The van der Waals surface area contributed by atoms with Gasteiger partial charge in [-0.2, -0.15) is 4.68 Å². The second-order valence-electron chi connectivity index (χ2n) is 8.61. The van der Waals surface area contributed by atoms with Gasteiger partial charge in [-0.15, -0.1) is 16.9 Å². The van der Waals surface area contributed by atoms with E-state index < -0.39 is 0 Å². The molecular weight excluding hydrogens is 432 g/mol. The summed E-state index contributed by atoms with van der Waals surface area (Å²) in [7, 11) is 0. The standard InChI is InChI=1S/C25H32N6OS/c1-20-13-17-30(18-14-20)16-8-7-15-26-25(32)22-11-5-6-12-23(22)33-19-24-27-28-29-31(24)21-9-3-2-4-10-21/h2-6,9-12,20H,7-8,13-19H2,1H3,(H,26,32). The Morgan fingerprint density at radius 2 is 1.82 bits per heavy atom. The van der Waals surface area contributed by atoms with Crippen molar-refractivity contribution in [1.29, 1.82) is 0 Å². The van der Waals surface area contributed by atoms with Crippen LogP contribution in [0.3, 0.4) is 0 Å². The third-order valence-corrected chi connectivity index (χ3v) is 7.16. The lowest BCUT2D eigenvalue weighted by molar-refractivity contribution is 0.0949. The lowest BCUT2D eigenvalue weighted by Gasteiger charge is -2.30. The maximum absolute atomic E-state index is 12.8. The zero-order chi connectivity index (χ0) is 22.9. The molecule has 1 aliphatic heterocycles. The molecule has 0 bridgehead atoms. The van der Waals surface area contributed by atoms with E-state index in [9.17, 15) is 4.79 Å². The second kappa shape index (κ2) is 12.0. The number of hydrogen-bond acceptors (Lipinski definition) is 6. The Morgan fingerprint density at radius 3 is 2.64 bits per heavy atom. The van der Waals surface area contributed by atoms with Crippen molar-refractivity contribution in [3.8, 4) is 5.69 Å². The molecular formula is C25H32N6OS. The van der Waals surface area contributed by atoms with Gasteiger partial charge < -0.3 is 10.2 Å². The Labute approximate surface area is 199 Å². The number of benzene rings is 2. The van der Waals surface area contributed by atoms with Gasteiger partial charge in [0.25, 0.3) is 5.91 Å². The lowest BCUT2D eigenvalue weighted by atomic mass is 9.99. The Hall–Kier alpha value is -2.71. The molecule has 3 aromatic rings. The maximum atomic E-state index is 12.8. The number of carbonyl (C=O) groups excluding carboxylic acids is 1. The lowest BCUT2D eigenvalue weighted by Crippen LogP contribution is -2.34. The van der Waals surface area contributed by atoms with E-state index in [0.29, 0.717) is 17.9 Å². The van der Waals surface area contributed by atoms with Crippen molar-refractivity contribution >= 4 is 17.7 Å². The average Bonchev–Trinajstić information content (AvgIpc) is 3.33. The van der Waals surface area contributed by atoms with Gasteiger partial charge in [0, 0.05) is 11.4 Å². The van der Waals surface area contributed by atoms with Gasteiger partial charge in [-0.1, -0.05) is 37.3 Å². The molecule has 33 heavy (non-hydrogen) atoms. The molecule has 1 aliphatic rings. The fraction of sp³-hybridized carbons (Fsp3) is 0.440. The fourth-order valence-electron chi connectivity index (χ4n) is 4.03. The van der Waals surface area contributed by atoms with Gasteiger partial charge in [-0.3, -0.25) is 4.79 Å². The quantitative estimate of drug-likeness (QED) is 0.358. The van der Waals surface area contributed by atoms with Crippen molar-refractivity contribution in [2.45, 2.75) is 43.3 Å². The van der Waals surface area contributed by atoms with Crippen LogP contribution >= 0.6 is 11.8 Å². The van der Waals surface area contributed by atoms with E-state index in [1.165, 1.54) is 25.9 Å². The molecule has 7 nitrogen and oxygen atoms in total. The predicted octanol–water partition coefficient (Wildman–Crippen LogP) is 4.20. The van der Waals surface area contributed by atoms with Crippen LogP contribution in [0, 0.1) is 5.92 Å². The van der Waals surface area contributed by atoms with Crippen LogP contribution in [0.2, 0.25) is 0 Å². The topological polar surface area (TPSA) is 75.9 Å². The molecule has 2 heterocycles. The largest absolute Gasteiger partial charge is 0.352 e. The summed E-state index contributed by atoms with van der Waals surface area (Å²) in [6.45, 7) is 6.60. The Morgan fingerprint density at radius 1 is 1.06 bits per heavy atom. The monoisotopic (exact) mass is 464 g/mol. The molecule has 1 aromatic heterocycles.